The number of hydrogen-bond donors (Lipinski definition) is 2. The third-order valence-electron chi connectivity index (χ3n) is 4.26. The molecule has 2 N–H and O–H groups in total. The number of aliphatic hydroxyl groups is 1. The Morgan fingerprint density at radius 1 is 1.27 bits per heavy atom. The van der Waals surface area contributed by atoms with Crippen molar-refractivity contribution in [2.75, 3.05) is 50.1 Å². The smallest absolute Gasteiger partial charge is 0.227 e. The number of fused-ring (bicyclic) bond motifs is 1. The van der Waals surface area contributed by atoms with Gasteiger partial charge in [-0.1, -0.05) is 12.1 Å². The summed E-state index contributed by atoms with van der Waals surface area (Å²) >= 11 is 0. The summed E-state index contributed by atoms with van der Waals surface area (Å²) in [6.07, 6.45) is 0. The molecule has 6 nitrogen and oxygen atoms in total. The number of β-amino-alcohol motifs (C(OH)–C–C–N with tert-alkyl or cyclic N) is 1. The third-order valence-corrected chi connectivity index (χ3v) is 4.26. The van der Waals surface area contributed by atoms with Crippen LogP contribution in [0.25, 0.3) is 10.9 Å². The molecule has 2 heterocycles. The zero-order chi connectivity index (χ0) is 15.5. The van der Waals surface area contributed by atoms with E-state index in [0.29, 0.717) is 6.04 Å². The van der Waals surface area contributed by atoms with E-state index in [1.165, 1.54) is 0 Å². The summed E-state index contributed by atoms with van der Waals surface area (Å²) in [5.41, 5.74) is 0.960. The molecule has 6 heteroatoms. The van der Waals surface area contributed by atoms with Gasteiger partial charge in [-0.2, -0.15) is 4.98 Å². The molecule has 1 aromatic carbocycles. The second kappa shape index (κ2) is 6.46. The van der Waals surface area contributed by atoms with Gasteiger partial charge in [0.25, 0.3) is 0 Å². The second-order valence-electron chi connectivity index (χ2n) is 5.69. The molecule has 1 atom stereocenters. The lowest BCUT2D eigenvalue weighted by Gasteiger charge is -2.39. The summed E-state index contributed by atoms with van der Waals surface area (Å²) in [6, 6.07) is 8.44. The minimum atomic E-state index is 0.209. The summed E-state index contributed by atoms with van der Waals surface area (Å²) in [5.74, 6) is 1.64. The van der Waals surface area contributed by atoms with Crippen LogP contribution in [0.5, 0.6) is 0 Å². The minimum Gasteiger partial charge on any atom is -0.395 e. The molecule has 2 aromatic rings. The van der Waals surface area contributed by atoms with Crippen molar-refractivity contribution in [3.05, 3.63) is 24.3 Å². The van der Waals surface area contributed by atoms with Gasteiger partial charge in [-0.15, -0.1) is 0 Å². The fourth-order valence-electron chi connectivity index (χ4n) is 3.03. The van der Waals surface area contributed by atoms with Crippen molar-refractivity contribution in [2.24, 2.45) is 0 Å². The predicted molar refractivity (Wildman–Crippen MR) is 89.4 cm³/mol. The molecule has 0 radical (unpaired) electrons. The van der Waals surface area contributed by atoms with E-state index in [-0.39, 0.29) is 6.61 Å². The largest absolute Gasteiger partial charge is 0.395 e. The highest BCUT2D eigenvalue weighted by molar-refractivity contribution is 5.89. The zero-order valence-electron chi connectivity index (χ0n) is 13.2. The number of nitrogens with zero attached hydrogens (tertiary/aromatic N) is 4. The van der Waals surface area contributed by atoms with Crippen LogP contribution in [-0.4, -0.2) is 65.8 Å². The first-order valence-corrected chi connectivity index (χ1v) is 7.77. The highest BCUT2D eigenvalue weighted by atomic mass is 16.3. The number of aromatic nitrogens is 2. The number of rotatable bonds is 4. The van der Waals surface area contributed by atoms with Gasteiger partial charge in [0.2, 0.25) is 5.95 Å². The molecule has 1 fully saturated rings. The molecule has 118 valence electrons. The van der Waals surface area contributed by atoms with Crippen molar-refractivity contribution in [2.45, 2.75) is 13.0 Å². The number of nitrogens with one attached hydrogen (secondary N) is 1. The Bertz CT molecular complexity index is 647. The first kappa shape index (κ1) is 15.0. The van der Waals surface area contributed by atoms with E-state index in [1.54, 1.807) is 0 Å². The van der Waals surface area contributed by atoms with E-state index in [9.17, 15) is 0 Å². The molecule has 22 heavy (non-hydrogen) atoms. The predicted octanol–water partition coefficient (Wildman–Crippen LogP) is 1.17. The molecule has 1 aromatic heterocycles. The third kappa shape index (κ3) is 2.84. The fraction of sp³-hybridized carbons (Fsp3) is 0.500. The van der Waals surface area contributed by atoms with Crippen molar-refractivity contribution < 1.29 is 5.11 Å². The Kier molecular flexibility index (Phi) is 4.40. The molecular weight excluding hydrogens is 278 g/mol. The molecule has 0 spiro atoms. The normalized spacial score (nSPS) is 19.6. The SMILES string of the molecule is CNc1nc(N2CCN(CCO)C(C)C2)nc2ccccc12. The van der Waals surface area contributed by atoms with Gasteiger partial charge in [-0.3, -0.25) is 4.90 Å². The van der Waals surface area contributed by atoms with E-state index in [0.717, 1.165) is 48.8 Å². The van der Waals surface area contributed by atoms with Crippen LogP contribution < -0.4 is 10.2 Å². The van der Waals surface area contributed by atoms with Crippen LogP contribution in [-0.2, 0) is 0 Å². The summed E-state index contributed by atoms with van der Waals surface area (Å²) in [6.45, 7) is 5.80. The molecule has 3 rings (SSSR count). The van der Waals surface area contributed by atoms with Crippen LogP contribution in [0.1, 0.15) is 6.92 Å². The lowest BCUT2D eigenvalue weighted by atomic mass is 10.2. The van der Waals surface area contributed by atoms with Gasteiger partial charge in [-0.05, 0) is 19.1 Å². The minimum absolute atomic E-state index is 0.209. The Hall–Kier alpha value is -1.92. The highest BCUT2D eigenvalue weighted by Gasteiger charge is 2.25. The Balaban J connectivity index is 1.88. The fourth-order valence-corrected chi connectivity index (χ4v) is 3.03. The first-order valence-electron chi connectivity index (χ1n) is 7.77. The van der Waals surface area contributed by atoms with E-state index in [2.05, 4.69) is 27.0 Å². The van der Waals surface area contributed by atoms with Gasteiger partial charge < -0.3 is 15.3 Å². The average Bonchev–Trinajstić information content (AvgIpc) is 2.55. The number of piperazine rings is 1. The standard InChI is InChI=1S/C16H23N5O/c1-12-11-21(8-7-20(12)9-10-22)16-18-14-6-4-3-5-13(14)15(17-2)19-16/h3-6,12,22H,7-11H2,1-2H3,(H,17,18,19). The van der Waals surface area contributed by atoms with Gasteiger partial charge in [0.1, 0.15) is 5.82 Å². The van der Waals surface area contributed by atoms with E-state index < -0.39 is 0 Å². The van der Waals surface area contributed by atoms with Crippen LogP contribution in [0, 0.1) is 0 Å². The maximum atomic E-state index is 9.12. The van der Waals surface area contributed by atoms with Crippen LogP contribution in [0.4, 0.5) is 11.8 Å². The van der Waals surface area contributed by atoms with Crippen LogP contribution in [0.2, 0.25) is 0 Å². The monoisotopic (exact) mass is 301 g/mol. The van der Waals surface area contributed by atoms with Crippen molar-refractivity contribution in [3.8, 4) is 0 Å². The number of benzene rings is 1. The van der Waals surface area contributed by atoms with Gasteiger partial charge in [0, 0.05) is 44.7 Å². The van der Waals surface area contributed by atoms with Crippen molar-refractivity contribution >= 4 is 22.7 Å². The van der Waals surface area contributed by atoms with E-state index in [4.69, 9.17) is 10.1 Å². The van der Waals surface area contributed by atoms with Gasteiger partial charge >= 0.3 is 0 Å². The highest BCUT2D eigenvalue weighted by Crippen LogP contribution is 2.24. The maximum absolute atomic E-state index is 9.12. The number of hydrogen-bond acceptors (Lipinski definition) is 6. The summed E-state index contributed by atoms with van der Waals surface area (Å²) in [5, 5.41) is 13.3. The van der Waals surface area contributed by atoms with E-state index >= 15 is 0 Å². The zero-order valence-corrected chi connectivity index (χ0v) is 13.2. The van der Waals surface area contributed by atoms with E-state index in [1.807, 2.05) is 31.3 Å². The molecule has 1 saturated heterocycles. The van der Waals surface area contributed by atoms with Gasteiger partial charge in [-0.25, -0.2) is 4.98 Å². The summed E-state index contributed by atoms with van der Waals surface area (Å²) < 4.78 is 0. The Morgan fingerprint density at radius 2 is 2.09 bits per heavy atom. The molecule has 0 aliphatic carbocycles. The second-order valence-corrected chi connectivity index (χ2v) is 5.69. The van der Waals surface area contributed by atoms with Gasteiger partial charge in [0.05, 0.1) is 12.1 Å². The van der Waals surface area contributed by atoms with Gasteiger partial charge in [0.15, 0.2) is 0 Å². The number of anilines is 2. The molecule has 1 aliphatic rings. The molecule has 1 aliphatic heterocycles. The number of para-hydroxylation sites is 1. The molecule has 0 saturated carbocycles. The van der Waals surface area contributed by atoms with Crippen LogP contribution >= 0.6 is 0 Å². The molecule has 1 unspecified atom stereocenters. The topological polar surface area (TPSA) is 64.5 Å². The lowest BCUT2D eigenvalue weighted by molar-refractivity contribution is 0.146. The lowest BCUT2D eigenvalue weighted by Crippen LogP contribution is -2.53. The maximum Gasteiger partial charge on any atom is 0.227 e. The number of aliphatic hydroxyl groups excluding tert-OH is 1. The van der Waals surface area contributed by atoms with Crippen LogP contribution in [0.3, 0.4) is 0 Å². The molecule has 0 amide bonds. The first-order chi connectivity index (χ1) is 10.7. The molecular formula is C16H23N5O. The Morgan fingerprint density at radius 3 is 2.82 bits per heavy atom. The summed E-state index contributed by atoms with van der Waals surface area (Å²) in [4.78, 5) is 13.9. The quantitative estimate of drug-likeness (QED) is 0.884. The summed E-state index contributed by atoms with van der Waals surface area (Å²) in [7, 11) is 1.89. The molecule has 0 bridgehead atoms. The van der Waals surface area contributed by atoms with Crippen molar-refractivity contribution in [1.29, 1.82) is 0 Å². The van der Waals surface area contributed by atoms with Crippen LogP contribution in [0.15, 0.2) is 24.3 Å². The van der Waals surface area contributed by atoms with Crippen molar-refractivity contribution in [1.82, 2.24) is 14.9 Å². The Labute approximate surface area is 130 Å². The van der Waals surface area contributed by atoms with Crippen molar-refractivity contribution in [3.63, 3.8) is 0 Å². The average molecular weight is 301 g/mol.